The molecule has 0 fully saturated rings. The summed E-state index contributed by atoms with van der Waals surface area (Å²) in [6.07, 6.45) is -2.90. The van der Waals surface area contributed by atoms with Crippen molar-refractivity contribution in [3.63, 3.8) is 0 Å². The Morgan fingerprint density at radius 2 is 2.33 bits per heavy atom. The van der Waals surface area contributed by atoms with Gasteiger partial charge in [-0.3, -0.25) is 19.6 Å². The molecule has 1 aromatic rings. The van der Waals surface area contributed by atoms with E-state index in [1.54, 1.807) is 0 Å². The summed E-state index contributed by atoms with van der Waals surface area (Å²) in [6, 6.07) is 0. The highest BCUT2D eigenvalue weighted by Crippen LogP contribution is 2.07. The molecule has 0 aromatic carbocycles. The predicted octanol–water partition coefficient (Wildman–Crippen LogP) is -0.467. The van der Waals surface area contributed by atoms with Crippen LogP contribution in [-0.2, 0) is 11.3 Å². The standard InChI is InChI=1S/C8H10F2N4O4/c9-8(10)6(15)2-11-7(16)4-13-3-5(1-12-13)14(17)18/h1,3,6,8,15H,2,4H2,(H,11,16). The van der Waals surface area contributed by atoms with Crippen molar-refractivity contribution in [3.05, 3.63) is 22.5 Å². The van der Waals surface area contributed by atoms with E-state index in [1.165, 1.54) is 0 Å². The lowest BCUT2D eigenvalue weighted by Gasteiger charge is -2.10. The van der Waals surface area contributed by atoms with Crippen molar-refractivity contribution in [1.29, 1.82) is 0 Å². The third kappa shape index (κ3) is 4.05. The van der Waals surface area contributed by atoms with Gasteiger partial charge in [-0.1, -0.05) is 0 Å². The lowest BCUT2D eigenvalue weighted by molar-refractivity contribution is -0.385. The van der Waals surface area contributed by atoms with E-state index in [4.69, 9.17) is 5.11 Å². The number of carbonyl (C=O) groups excluding carboxylic acids is 1. The van der Waals surface area contributed by atoms with Crippen LogP contribution in [0.2, 0.25) is 0 Å². The van der Waals surface area contributed by atoms with Crippen LogP contribution in [0.3, 0.4) is 0 Å². The fourth-order valence-electron chi connectivity index (χ4n) is 1.04. The molecule has 1 heterocycles. The number of aliphatic hydroxyl groups excluding tert-OH is 1. The summed E-state index contributed by atoms with van der Waals surface area (Å²) in [5.74, 6) is -0.687. The third-order valence-electron chi connectivity index (χ3n) is 1.94. The molecule has 18 heavy (non-hydrogen) atoms. The number of hydrogen-bond donors (Lipinski definition) is 2. The van der Waals surface area contributed by atoms with Crippen LogP contribution in [0.4, 0.5) is 14.5 Å². The van der Waals surface area contributed by atoms with Crippen LogP contribution in [0, 0.1) is 10.1 Å². The molecule has 2 N–H and O–H groups in total. The maximum Gasteiger partial charge on any atom is 0.307 e. The molecule has 1 atom stereocenters. The van der Waals surface area contributed by atoms with Crippen molar-refractivity contribution < 1.29 is 23.6 Å². The zero-order chi connectivity index (χ0) is 13.7. The number of hydrogen-bond acceptors (Lipinski definition) is 5. The van der Waals surface area contributed by atoms with Crippen LogP contribution in [0.15, 0.2) is 12.4 Å². The Balaban J connectivity index is 2.42. The number of aromatic nitrogens is 2. The van der Waals surface area contributed by atoms with Crippen LogP contribution < -0.4 is 5.32 Å². The van der Waals surface area contributed by atoms with Crippen LogP contribution in [-0.4, -0.2) is 44.8 Å². The quantitative estimate of drug-likeness (QED) is 0.533. The Morgan fingerprint density at radius 1 is 1.67 bits per heavy atom. The number of halogens is 2. The van der Waals surface area contributed by atoms with E-state index in [-0.39, 0.29) is 12.2 Å². The Hall–Kier alpha value is -2.10. The van der Waals surface area contributed by atoms with Gasteiger partial charge < -0.3 is 10.4 Å². The summed E-state index contributed by atoms with van der Waals surface area (Å²) < 4.78 is 24.8. The fourth-order valence-corrected chi connectivity index (χ4v) is 1.04. The smallest absolute Gasteiger partial charge is 0.307 e. The number of carbonyl (C=O) groups is 1. The van der Waals surface area contributed by atoms with Gasteiger partial charge in [-0.2, -0.15) is 5.10 Å². The largest absolute Gasteiger partial charge is 0.385 e. The van der Waals surface area contributed by atoms with Crippen molar-refractivity contribution in [2.75, 3.05) is 6.54 Å². The van der Waals surface area contributed by atoms with E-state index in [1.807, 2.05) is 0 Å². The van der Waals surface area contributed by atoms with Crippen molar-refractivity contribution in [2.45, 2.75) is 19.1 Å². The molecule has 1 unspecified atom stereocenters. The van der Waals surface area contributed by atoms with E-state index in [0.717, 1.165) is 17.1 Å². The second-order valence-corrected chi connectivity index (χ2v) is 3.36. The first-order valence-electron chi connectivity index (χ1n) is 4.80. The topological polar surface area (TPSA) is 110 Å². The second-order valence-electron chi connectivity index (χ2n) is 3.36. The minimum absolute atomic E-state index is 0.282. The predicted molar refractivity (Wildman–Crippen MR) is 53.9 cm³/mol. The summed E-state index contributed by atoms with van der Waals surface area (Å²) in [7, 11) is 0. The first kappa shape index (κ1) is 14.0. The first-order chi connectivity index (χ1) is 8.40. The molecule has 0 saturated carbocycles. The molecule has 10 heteroatoms. The Bertz CT molecular complexity index is 436. The van der Waals surface area contributed by atoms with E-state index >= 15 is 0 Å². The van der Waals surface area contributed by atoms with Gasteiger partial charge in [0.25, 0.3) is 6.43 Å². The fraction of sp³-hybridized carbons (Fsp3) is 0.500. The number of nitrogens with one attached hydrogen (secondary N) is 1. The van der Waals surface area contributed by atoms with Gasteiger partial charge in [0.2, 0.25) is 5.91 Å². The minimum Gasteiger partial charge on any atom is -0.385 e. The van der Waals surface area contributed by atoms with Gasteiger partial charge in [-0.25, -0.2) is 8.78 Å². The monoisotopic (exact) mass is 264 g/mol. The van der Waals surface area contributed by atoms with Gasteiger partial charge in [-0.15, -0.1) is 0 Å². The minimum atomic E-state index is -2.95. The Labute approximate surface area is 99.4 Å². The summed E-state index contributed by atoms with van der Waals surface area (Å²) in [5, 5.41) is 24.7. The second kappa shape index (κ2) is 6.00. The lowest BCUT2D eigenvalue weighted by Crippen LogP contribution is -2.37. The summed E-state index contributed by atoms with van der Waals surface area (Å²) in [4.78, 5) is 20.9. The van der Waals surface area contributed by atoms with E-state index < -0.39 is 29.9 Å². The van der Waals surface area contributed by atoms with Gasteiger partial charge in [0.15, 0.2) is 0 Å². The average molecular weight is 264 g/mol. The van der Waals surface area contributed by atoms with Crippen molar-refractivity contribution >= 4 is 11.6 Å². The highest BCUT2D eigenvalue weighted by Gasteiger charge is 2.18. The normalized spacial score (nSPS) is 12.4. The summed E-state index contributed by atoms with van der Waals surface area (Å²) in [5.41, 5.74) is -0.282. The highest BCUT2D eigenvalue weighted by atomic mass is 19.3. The van der Waals surface area contributed by atoms with E-state index in [0.29, 0.717) is 0 Å². The zero-order valence-electron chi connectivity index (χ0n) is 8.99. The van der Waals surface area contributed by atoms with Crippen LogP contribution in [0.1, 0.15) is 0 Å². The number of alkyl halides is 2. The van der Waals surface area contributed by atoms with Crippen LogP contribution in [0.25, 0.3) is 0 Å². The van der Waals surface area contributed by atoms with Gasteiger partial charge in [0.1, 0.15) is 25.0 Å². The number of rotatable bonds is 6. The maximum absolute atomic E-state index is 11.9. The molecule has 0 bridgehead atoms. The molecule has 0 aliphatic carbocycles. The highest BCUT2D eigenvalue weighted by molar-refractivity contribution is 5.75. The van der Waals surface area contributed by atoms with E-state index in [9.17, 15) is 23.7 Å². The number of nitrogens with zero attached hydrogens (tertiary/aromatic N) is 3. The first-order valence-corrected chi connectivity index (χ1v) is 4.80. The van der Waals surface area contributed by atoms with Gasteiger partial charge in [0, 0.05) is 6.54 Å². The van der Waals surface area contributed by atoms with Crippen molar-refractivity contribution in [2.24, 2.45) is 0 Å². The molecular weight excluding hydrogens is 254 g/mol. The molecule has 0 radical (unpaired) electrons. The molecule has 0 spiro atoms. The van der Waals surface area contributed by atoms with Gasteiger partial charge in [-0.05, 0) is 0 Å². The molecule has 8 nitrogen and oxygen atoms in total. The Kier molecular flexibility index (Phi) is 4.66. The van der Waals surface area contributed by atoms with Crippen molar-refractivity contribution in [3.8, 4) is 0 Å². The van der Waals surface area contributed by atoms with Gasteiger partial charge in [0.05, 0.1) is 4.92 Å². The number of nitro groups is 1. The third-order valence-corrected chi connectivity index (χ3v) is 1.94. The number of amides is 1. The molecule has 0 aliphatic rings. The zero-order valence-corrected chi connectivity index (χ0v) is 8.99. The maximum atomic E-state index is 11.9. The Morgan fingerprint density at radius 3 is 2.83 bits per heavy atom. The van der Waals surface area contributed by atoms with Crippen LogP contribution >= 0.6 is 0 Å². The average Bonchev–Trinajstić information content (AvgIpc) is 2.74. The molecule has 0 aliphatic heterocycles. The van der Waals surface area contributed by atoms with Gasteiger partial charge >= 0.3 is 5.69 Å². The molecule has 1 aromatic heterocycles. The molecule has 0 saturated heterocycles. The van der Waals surface area contributed by atoms with E-state index in [2.05, 4.69) is 10.4 Å². The van der Waals surface area contributed by atoms with Crippen molar-refractivity contribution in [1.82, 2.24) is 15.1 Å². The number of aliphatic hydroxyl groups is 1. The van der Waals surface area contributed by atoms with Crippen LogP contribution in [0.5, 0.6) is 0 Å². The molecule has 1 amide bonds. The molecule has 100 valence electrons. The molecular formula is C8H10F2N4O4. The molecule has 1 rings (SSSR count). The summed E-state index contributed by atoms with van der Waals surface area (Å²) in [6.45, 7) is -0.955. The SMILES string of the molecule is O=C(Cn1cc([N+](=O)[O-])cn1)NCC(O)C(F)F. The summed E-state index contributed by atoms with van der Waals surface area (Å²) >= 11 is 0. The lowest BCUT2D eigenvalue weighted by atomic mass is 10.3.